The number of aryl methyl sites for hydroxylation is 2. The minimum Gasteiger partial charge on any atom is -0.345 e. The average molecular weight is 250 g/mol. The fourth-order valence-electron chi connectivity index (χ4n) is 1.51. The van der Waals surface area contributed by atoms with Crippen molar-refractivity contribution in [2.75, 3.05) is 0 Å². The molecule has 0 saturated heterocycles. The number of nitrogens with one attached hydrogen (secondary N) is 1. The van der Waals surface area contributed by atoms with Crippen molar-refractivity contribution in [2.45, 2.75) is 26.9 Å². The molecule has 6 heteroatoms. The molecule has 2 rings (SSSR count). The number of amides is 1. The maximum Gasteiger partial charge on any atom is 0.271 e. The van der Waals surface area contributed by atoms with Gasteiger partial charge in [0.05, 0.1) is 23.6 Å². The summed E-state index contributed by atoms with van der Waals surface area (Å²) in [6.45, 7) is 5.24. The van der Waals surface area contributed by atoms with Crippen LogP contribution in [0.1, 0.15) is 28.1 Å². The smallest absolute Gasteiger partial charge is 0.271 e. The molecule has 0 aromatic carbocycles. The first-order valence-electron chi connectivity index (χ1n) is 5.40. The summed E-state index contributed by atoms with van der Waals surface area (Å²) in [4.78, 5) is 19.9. The Kier molecular flexibility index (Phi) is 3.53. The van der Waals surface area contributed by atoms with Gasteiger partial charge in [-0.05, 0) is 13.8 Å². The Labute approximate surface area is 104 Å². The van der Waals surface area contributed by atoms with Crippen LogP contribution in [-0.2, 0) is 13.1 Å². The zero-order valence-corrected chi connectivity index (χ0v) is 10.6. The molecule has 2 aromatic heterocycles. The monoisotopic (exact) mass is 250 g/mol. The summed E-state index contributed by atoms with van der Waals surface area (Å²) < 4.78 is 1.99. The fraction of sp³-hybridized carbons (Fsp3) is 0.364. The lowest BCUT2D eigenvalue weighted by atomic mass is 10.4. The molecule has 0 unspecified atom stereocenters. The van der Waals surface area contributed by atoms with Crippen LogP contribution in [0.25, 0.3) is 0 Å². The lowest BCUT2D eigenvalue weighted by Crippen LogP contribution is -2.24. The van der Waals surface area contributed by atoms with E-state index in [1.807, 2.05) is 18.4 Å². The first-order chi connectivity index (χ1) is 8.20. The first-order valence-corrected chi connectivity index (χ1v) is 6.28. The van der Waals surface area contributed by atoms with E-state index >= 15 is 0 Å². The average Bonchev–Trinajstić information content (AvgIpc) is 2.94. The van der Waals surface area contributed by atoms with E-state index < -0.39 is 0 Å². The highest BCUT2D eigenvalue weighted by molar-refractivity contribution is 7.09. The Morgan fingerprint density at radius 3 is 3.06 bits per heavy atom. The number of carbonyl (C=O) groups excluding carboxylic acids is 1. The number of hydrogen-bond donors (Lipinski definition) is 1. The SMILES string of the molecule is CCn1cncc1CNC(=O)c1csc(C)n1. The molecule has 0 saturated carbocycles. The Morgan fingerprint density at radius 2 is 2.41 bits per heavy atom. The summed E-state index contributed by atoms with van der Waals surface area (Å²) in [5.41, 5.74) is 1.47. The zero-order chi connectivity index (χ0) is 12.3. The van der Waals surface area contributed by atoms with Crippen LogP contribution in [0.5, 0.6) is 0 Å². The van der Waals surface area contributed by atoms with Gasteiger partial charge in [-0.2, -0.15) is 0 Å². The molecule has 5 nitrogen and oxygen atoms in total. The molecule has 90 valence electrons. The van der Waals surface area contributed by atoms with E-state index in [2.05, 4.69) is 15.3 Å². The Morgan fingerprint density at radius 1 is 1.59 bits per heavy atom. The summed E-state index contributed by atoms with van der Waals surface area (Å²) in [5, 5.41) is 5.50. The van der Waals surface area contributed by atoms with E-state index in [-0.39, 0.29) is 5.91 Å². The van der Waals surface area contributed by atoms with Gasteiger partial charge in [-0.15, -0.1) is 11.3 Å². The third kappa shape index (κ3) is 2.71. The van der Waals surface area contributed by atoms with Crippen molar-refractivity contribution in [2.24, 2.45) is 0 Å². The lowest BCUT2D eigenvalue weighted by Gasteiger charge is -2.05. The molecule has 0 atom stereocenters. The molecular formula is C11H14N4OS. The van der Waals surface area contributed by atoms with Crippen LogP contribution in [-0.4, -0.2) is 20.4 Å². The van der Waals surface area contributed by atoms with Gasteiger partial charge in [0, 0.05) is 18.1 Å². The molecule has 2 aromatic rings. The van der Waals surface area contributed by atoms with Crippen LogP contribution in [0.15, 0.2) is 17.9 Å². The number of rotatable bonds is 4. The maximum absolute atomic E-state index is 11.8. The predicted molar refractivity (Wildman–Crippen MR) is 65.9 cm³/mol. The van der Waals surface area contributed by atoms with Gasteiger partial charge in [0.2, 0.25) is 0 Å². The summed E-state index contributed by atoms with van der Waals surface area (Å²) in [6, 6.07) is 0. The van der Waals surface area contributed by atoms with E-state index in [0.717, 1.165) is 17.2 Å². The highest BCUT2D eigenvalue weighted by Gasteiger charge is 2.09. The van der Waals surface area contributed by atoms with Crippen molar-refractivity contribution in [3.8, 4) is 0 Å². The first kappa shape index (κ1) is 11.8. The second-order valence-electron chi connectivity index (χ2n) is 3.61. The third-order valence-electron chi connectivity index (χ3n) is 2.42. The number of aromatic nitrogens is 3. The van der Waals surface area contributed by atoms with Crippen LogP contribution in [0, 0.1) is 6.92 Å². The molecule has 0 aliphatic carbocycles. The normalized spacial score (nSPS) is 10.5. The van der Waals surface area contributed by atoms with Gasteiger partial charge in [-0.3, -0.25) is 4.79 Å². The van der Waals surface area contributed by atoms with Gasteiger partial charge in [-0.1, -0.05) is 0 Å². The van der Waals surface area contributed by atoms with E-state index in [9.17, 15) is 4.79 Å². The molecular weight excluding hydrogens is 236 g/mol. The van der Waals surface area contributed by atoms with Crippen LogP contribution in [0.2, 0.25) is 0 Å². The molecule has 0 aliphatic heterocycles. The predicted octanol–water partition coefficient (Wildman–Crippen LogP) is 1.60. The van der Waals surface area contributed by atoms with E-state index in [4.69, 9.17) is 0 Å². The largest absolute Gasteiger partial charge is 0.345 e. The molecule has 2 heterocycles. The molecule has 0 fully saturated rings. The number of nitrogens with zero attached hydrogens (tertiary/aromatic N) is 3. The van der Waals surface area contributed by atoms with Crippen molar-refractivity contribution < 1.29 is 4.79 Å². The third-order valence-corrected chi connectivity index (χ3v) is 3.19. The Bertz CT molecular complexity index is 517. The number of hydrogen-bond acceptors (Lipinski definition) is 4. The van der Waals surface area contributed by atoms with Crippen molar-refractivity contribution in [3.63, 3.8) is 0 Å². The van der Waals surface area contributed by atoms with Gasteiger partial charge in [0.1, 0.15) is 5.69 Å². The van der Waals surface area contributed by atoms with Gasteiger partial charge < -0.3 is 9.88 Å². The lowest BCUT2D eigenvalue weighted by molar-refractivity contribution is 0.0945. The number of imidazole rings is 1. The van der Waals surface area contributed by atoms with Crippen molar-refractivity contribution in [1.29, 1.82) is 0 Å². The van der Waals surface area contributed by atoms with Crippen LogP contribution < -0.4 is 5.32 Å². The van der Waals surface area contributed by atoms with E-state index in [0.29, 0.717) is 12.2 Å². The minimum atomic E-state index is -0.141. The molecule has 1 N–H and O–H groups in total. The van der Waals surface area contributed by atoms with Gasteiger partial charge in [-0.25, -0.2) is 9.97 Å². The standard InChI is InChI=1S/C11H14N4OS/c1-3-15-7-12-4-9(15)5-13-11(16)10-6-17-8(2)14-10/h4,6-7H,3,5H2,1-2H3,(H,13,16). The Hall–Kier alpha value is -1.69. The summed E-state index contributed by atoms with van der Waals surface area (Å²) in [5.74, 6) is -0.141. The quantitative estimate of drug-likeness (QED) is 0.896. The van der Waals surface area contributed by atoms with E-state index in [1.165, 1.54) is 11.3 Å². The van der Waals surface area contributed by atoms with Crippen LogP contribution in [0.4, 0.5) is 0 Å². The molecule has 0 radical (unpaired) electrons. The number of carbonyl (C=O) groups is 1. The van der Waals surface area contributed by atoms with Crippen molar-refractivity contribution in [3.05, 3.63) is 34.3 Å². The minimum absolute atomic E-state index is 0.141. The van der Waals surface area contributed by atoms with Crippen molar-refractivity contribution in [1.82, 2.24) is 19.9 Å². The van der Waals surface area contributed by atoms with Gasteiger partial charge >= 0.3 is 0 Å². The zero-order valence-electron chi connectivity index (χ0n) is 9.80. The summed E-state index contributed by atoms with van der Waals surface area (Å²) in [6.07, 6.45) is 3.52. The topological polar surface area (TPSA) is 59.8 Å². The molecule has 1 amide bonds. The molecule has 0 spiro atoms. The molecule has 0 aliphatic rings. The van der Waals surface area contributed by atoms with Crippen LogP contribution >= 0.6 is 11.3 Å². The highest BCUT2D eigenvalue weighted by atomic mass is 32.1. The molecule has 0 bridgehead atoms. The maximum atomic E-state index is 11.8. The number of thiazole rings is 1. The van der Waals surface area contributed by atoms with E-state index in [1.54, 1.807) is 17.9 Å². The van der Waals surface area contributed by atoms with Crippen LogP contribution in [0.3, 0.4) is 0 Å². The fourth-order valence-corrected chi connectivity index (χ4v) is 2.10. The molecule has 17 heavy (non-hydrogen) atoms. The highest BCUT2D eigenvalue weighted by Crippen LogP contribution is 2.08. The second-order valence-corrected chi connectivity index (χ2v) is 4.67. The second kappa shape index (κ2) is 5.09. The Balaban J connectivity index is 1.97. The summed E-state index contributed by atoms with van der Waals surface area (Å²) in [7, 11) is 0. The van der Waals surface area contributed by atoms with Crippen molar-refractivity contribution >= 4 is 17.2 Å². The van der Waals surface area contributed by atoms with Gasteiger partial charge in [0.25, 0.3) is 5.91 Å². The van der Waals surface area contributed by atoms with Gasteiger partial charge in [0.15, 0.2) is 0 Å². The summed E-state index contributed by atoms with van der Waals surface area (Å²) >= 11 is 1.47.